The number of rotatable bonds is 3. The molecule has 1 aliphatic heterocycles. The maximum absolute atomic E-state index is 12.8. The lowest BCUT2D eigenvalue weighted by atomic mass is 10.1. The van der Waals surface area contributed by atoms with Crippen molar-refractivity contribution in [3.05, 3.63) is 56.9 Å². The van der Waals surface area contributed by atoms with Crippen molar-refractivity contribution in [3.63, 3.8) is 0 Å². The maximum Gasteiger partial charge on any atom is 0.227 e. The molecule has 27 heavy (non-hydrogen) atoms. The highest BCUT2D eigenvalue weighted by atomic mass is 79.9. The Bertz CT molecular complexity index is 1110. The largest absolute Gasteiger partial charge is 0.312 e. The third-order valence-electron chi connectivity index (χ3n) is 5.16. The fourth-order valence-corrected chi connectivity index (χ4v) is 4.16. The van der Waals surface area contributed by atoms with Crippen molar-refractivity contribution in [2.45, 2.75) is 33.1 Å². The van der Waals surface area contributed by atoms with Gasteiger partial charge in [0.15, 0.2) is 5.65 Å². The molecule has 0 spiro atoms. The van der Waals surface area contributed by atoms with E-state index in [4.69, 9.17) is 0 Å². The van der Waals surface area contributed by atoms with Crippen LogP contribution in [-0.4, -0.2) is 27.0 Å². The van der Waals surface area contributed by atoms with E-state index in [1.807, 2.05) is 30.9 Å². The minimum atomic E-state index is 0.119. The van der Waals surface area contributed by atoms with Crippen molar-refractivity contribution in [2.24, 2.45) is 0 Å². The number of hydrogen-bond donors (Lipinski definition) is 0. The van der Waals surface area contributed by atoms with Crippen LogP contribution in [0.3, 0.4) is 0 Å². The zero-order valence-corrected chi connectivity index (χ0v) is 16.7. The number of nitrogens with zero attached hydrogens (tertiary/aromatic N) is 5. The van der Waals surface area contributed by atoms with Gasteiger partial charge in [0, 0.05) is 34.5 Å². The van der Waals surface area contributed by atoms with Crippen LogP contribution in [0.15, 0.2) is 28.9 Å². The summed E-state index contributed by atoms with van der Waals surface area (Å²) in [6.07, 6.45) is 3.43. The van der Waals surface area contributed by atoms with Crippen LogP contribution >= 0.6 is 15.9 Å². The highest BCUT2D eigenvalue weighted by Crippen LogP contribution is 2.31. The minimum absolute atomic E-state index is 0.119. The highest BCUT2D eigenvalue weighted by molar-refractivity contribution is 9.10. The van der Waals surface area contributed by atoms with Gasteiger partial charge in [0.1, 0.15) is 11.6 Å². The first-order valence-electron chi connectivity index (χ1n) is 8.82. The Morgan fingerprint density at radius 1 is 1.37 bits per heavy atom. The number of hydrogen-bond acceptors (Lipinski definition) is 4. The van der Waals surface area contributed by atoms with Crippen LogP contribution in [0.5, 0.6) is 0 Å². The Balaban J connectivity index is 1.56. The molecule has 0 saturated heterocycles. The smallest absolute Gasteiger partial charge is 0.227 e. The number of amides is 1. The predicted octanol–water partition coefficient (Wildman–Crippen LogP) is 3.50. The van der Waals surface area contributed by atoms with Gasteiger partial charge >= 0.3 is 0 Å². The molecule has 2 aromatic heterocycles. The van der Waals surface area contributed by atoms with Gasteiger partial charge in [0.05, 0.1) is 6.20 Å². The summed E-state index contributed by atoms with van der Waals surface area (Å²) >= 11 is 3.49. The predicted molar refractivity (Wildman–Crippen MR) is 106 cm³/mol. The molecule has 7 heteroatoms. The number of carbonyl (C=O) groups excluding carboxylic acids is 1. The van der Waals surface area contributed by atoms with E-state index in [2.05, 4.69) is 38.1 Å². The number of carbonyl (C=O) groups is 1. The Hall–Kier alpha value is -2.72. The van der Waals surface area contributed by atoms with Crippen molar-refractivity contribution < 1.29 is 4.79 Å². The molecule has 0 unspecified atom stereocenters. The molecule has 0 N–H and O–H groups in total. The second-order valence-electron chi connectivity index (χ2n) is 6.74. The SMILES string of the molecule is Cc1nc2c(C#N)cnn2c(C)c1CCC(=O)N1CCc2cc(Br)ccc21. The molecule has 0 saturated carbocycles. The summed E-state index contributed by atoms with van der Waals surface area (Å²) in [7, 11) is 0. The van der Waals surface area contributed by atoms with Crippen molar-refractivity contribution in [3.8, 4) is 6.07 Å². The van der Waals surface area contributed by atoms with Crippen LogP contribution in [0, 0.1) is 25.2 Å². The molecular formula is C20H18BrN5O. The summed E-state index contributed by atoms with van der Waals surface area (Å²) in [4.78, 5) is 19.2. The molecule has 0 fully saturated rings. The van der Waals surface area contributed by atoms with Gasteiger partial charge in [-0.05, 0) is 56.0 Å². The first kappa shape index (κ1) is 17.7. The van der Waals surface area contributed by atoms with Gasteiger partial charge in [-0.3, -0.25) is 4.79 Å². The quantitative estimate of drug-likeness (QED) is 0.645. The Labute approximate surface area is 165 Å². The van der Waals surface area contributed by atoms with E-state index >= 15 is 0 Å². The Kier molecular flexibility index (Phi) is 4.44. The number of fused-ring (bicyclic) bond motifs is 2. The second-order valence-corrected chi connectivity index (χ2v) is 7.65. The maximum atomic E-state index is 12.8. The third kappa shape index (κ3) is 3.00. The summed E-state index contributed by atoms with van der Waals surface area (Å²) in [5.74, 6) is 0.119. The molecule has 0 radical (unpaired) electrons. The van der Waals surface area contributed by atoms with E-state index in [0.29, 0.717) is 24.1 Å². The fourth-order valence-electron chi connectivity index (χ4n) is 3.75. The molecule has 3 aromatic rings. The normalized spacial score (nSPS) is 13.0. The molecule has 1 amide bonds. The van der Waals surface area contributed by atoms with E-state index in [1.165, 1.54) is 11.8 Å². The summed E-state index contributed by atoms with van der Waals surface area (Å²) in [5, 5.41) is 13.4. The van der Waals surface area contributed by atoms with E-state index in [-0.39, 0.29) is 5.91 Å². The fraction of sp³-hybridized carbons (Fsp3) is 0.300. The van der Waals surface area contributed by atoms with Crippen LogP contribution in [0.25, 0.3) is 5.65 Å². The van der Waals surface area contributed by atoms with Gasteiger partial charge in [-0.1, -0.05) is 15.9 Å². The van der Waals surface area contributed by atoms with Gasteiger partial charge < -0.3 is 4.90 Å². The van der Waals surface area contributed by atoms with Crippen molar-refractivity contribution >= 4 is 33.2 Å². The Morgan fingerprint density at radius 3 is 2.96 bits per heavy atom. The molecule has 0 atom stereocenters. The number of anilines is 1. The summed E-state index contributed by atoms with van der Waals surface area (Å²) < 4.78 is 2.73. The third-order valence-corrected chi connectivity index (χ3v) is 5.65. The monoisotopic (exact) mass is 423 g/mol. The van der Waals surface area contributed by atoms with Crippen LogP contribution in [0.4, 0.5) is 5.69 Å². The number of nitriles is 1. The van der Waals surface area contributed by atoms with Crippen LogP contribution in [0.2, 0.25) is 0 Å². The molecule has 6 nitrogen and oxygen atoms in total. The minimum Gasteiger partial charge on any atom is -0.312 e. The van der Waals surface area contributed by atoms with Gasteiger partial charge in [0.2, 0.25) is 5.91 Å². The molecule has 1 aliphatic rings. The lowest BCUT2D eigenvalue weighted by Crippen LogP contribution is -2.29. The average Bonchev–Trinajstić information content (AvgIpc) is 3.24. The lowest BCUT2D eigenvalue weighted by molar-refractivity contribution is -0.118. The molecule has 4 rings (SSSR count). The Morgan fingerprint density at radius 2 is 2.19 bits per heavy atom. The number of aryl methyl sites for hydroxylation is 2. The van der Waals surface area contributed by atoms with Crippen molar-refractivity contribution in [1.29, 1.82) is 5.26 Å². The molecule has 0 aliphatic carbocycles. The number of benzene rings is 1. The molecule has 0 bridgehead atoms. The average molecular weight is 424 g/mol. The summed E-state index contributed by atoms with van der Waals surface area (Å²) in [5.41, 5.74) is 6.03. The van der Waals surface area contributed by atoms with Crippen LogP contribution < -0.4 is 4.90 Å². The van der Waals surface area contributed by atoms with Crippen molar-refractivity contribution in [2.75, 3.05) is 11.4 Å². The first-order valence-corrected chi connectivity index (χ1v) is 9.61. The highest BCUT2D eigenvalue weighted by Gasteiger charge is 2.25. The van der Waals surface area contributed by atoms with Gasteiger partial charge in [-0.25, -0.2) is 9.50 Å². The van der Waals surface area contributed by atoms with E-state index in [0.717, 1.165) is 40.1 Å². The second kappa shape index (κ2) is 6.78. The van der Waals surface area contributed by atoms with Gasteiger partial charge in [-0.15, -0.1) is 0 Å². The zero-order chi connectivity index (χ0) is 19.1. The number of aromatic nitrogens is 3. The van der Waals surface area contributed by atoms with Crippen LogP contribution in [-0.2, 0) is 17.6 Å². The van der Waals surface area contributed by atoms with E-state index in [1.54, 1.807) is 4.52 Å². The summed E-state index contributed by atoms with van der Waals surface area (Å²) in [6, 6.07) is 8.17. The van der Waals surface area contributed by atoms with E-state index < -0.39 is 0 Å². The topological polar surface area (TPSA) is 74.3 Å². The van der Waals surface area contributed by atoms with Gasteiger partial charge in [0.25, 0.3) is 0 Å². The molecule has 3 heterocycles. The summed E-state index contributed by atoms with van der Waals surface area (Å²) in [6.45, 7) is 4.60. The molecule has 136 valence electrons. The van der Waals surface area contributed by atoms with Gasteiger partial charge in [-0.2, -0.15) is 10.4 Å². The standard InChI is InChI=1S/C20H18BrN5O/c1-12-17(13(2)26-20(24-12)15(10-22)11-23-26)4-6-19(27)25-8-7-14-9-16(21)3-5-18(14)25/h3,5,9,11H,4,6-8H2,1-2H3. The van der Waals surface area contributed by atoms with E-state index in [9.17, 15) is 10.1 Å². The van der Waals surface area contributed by atoms with Crippen LogP contribution in [0.1, 0.15) is 34.5 Å². The first-order chi connectivity index (χ1) is 13.0. The zero-order valence-electron chi connectivity index (χ0n) is 15.2. The molecular weight excluding hydrogens is 406 g/mol. The molecule has 1 aromatic carbocycles. The number of halogens is 1. The van der Waals surface area contributed by atoms with Crippen molar-refractivity contribution in [1.82, 2.24) is 14.6 Å². The lowest BCUT2D eigenvalue weighted by Gasteiger charge is -2.18.